The molecule has 1 aromatic heterocycles. The van der Waals surface area contributed by atoms with Crippen LogP contribution < -0.4 is 15.2 Å². The molecule has 3 heterocycles. The average molecular weight is 415 g/mol. The molecule has 0 bridgehead atoms. The van der Waals surface area contributed by atoms with Crippen LogP contribution in [0.5, 0.6) is 0 Å². The Bertz CT molecular complexity index is 1050. The predicted octanol–water partition coefficient (Wildman–Crippen LogP) is 5.67. The highest BCUT2D eigenvalue weighted by molar-refractivity contribution is 7.24. The second-order valence-corrected chi connectivity index (χ2v) is 9.21. The lowest BCUT2D eigenvalue weighted by atomic mass is 10.1. The molecule has 152 valence electrons. The minimum atomic E-state index is -0.367. The van der Waals surface area contributed by atoms with E-state index in [2.05, 4.69) is 9.80 Å². The molecule has 29 heavy (non-hydrogen) atoms. The number of piperidine rings is 2. The lowest BCUT2D eigenvalue weighted by Crippen LogP contribution is -2.30. The number of halogens is 2. The van der Waals surface area contributed by atoms with Gasteiger partial charge in [-0.15, -0.1) is 11.3 Å². The number of hydrogen-bond acceptors (Lipinski definition) is 4. The summed E-state index contributed by atoms with van der Waals surface area (Å²) in [5.41, 5.74) is 0.859. The summed E-state index contributed by atoms with van der Waals surface area (Å²) in [5.74, 6) is -0.734. The van der Waals surface area contributed by atoms with Crippen molar-refractivity contribution in [2.24, 2.45) is 0 Å². The number of rotatable bonds is 2. The van der Waals surface area contributed by atoms with Gasteiger partial charge in [-0.25, -0.2) is 8.78 Å². The highest BCUT2D eigenvalue weighted by atomic mass is 32.1. The first-order chi connectivity index (χ1) is 14.1. The number of fused-ring (bicyclic) bond motifs is 2. The summed E-state index contributed by atoms with van der Waals surface area (Å²) in [6, 6.07) is 6.30. The third-order valence-corrected chi connectivity index (χ3v) is 7.32. The van der Waals surface area contributed by atoms with Gasteiger partial charge in [0.2, 0.25) is 0 Å². The zero-order valence-corrected chi connectivity index (χ0v) is 17.2. The van der Waals surface area contributed by atoms with E-state index >= 15 is 0 Å². The first kappa shape index (κ1) is 18.8. The summed E-state index contributed by atoms with van der Waals surface area (Å²) in [6.07, 6.45) is 6.59. The summed E-state index contributed by atoms with van der Waals surface area (Å²) in [5, 5.41) is 0.678. The average Bonchev–Trinajstić information content (AvgIpc) is 2.75. The molecule has 2 aliphatic rings. The smallest absolute Gasteiger partial charge is 0.196 e. The van der Waals surface area contributed by atoms with Gasteiger partial charge in [-0.05, 0) is 62.8 Å². The molecule has 0 aliphatic carbocycles. The van der Waals surface area contributed by atoms with Crippen LogP contribution in [0.4, 0.5) is 20.2 Å². The van der Waals surface area contributed by atoms with Gasteiger partial charge in [-0.2, -0.15) is 0 Å². The summed E-state index contributed by atoms with van der Waals surface area (Å²) >= 11 is 1.45. The van der Waals surface area contributed by atoms with Crippen molar-refractivity contribution in [3.63, 3.8) is 0 Å². The summed E-state index contributed by atoms with van der Waals surface area (Å²) in [7, 11) is 0. The van der Waals surface area contributed by atoms with Gasteiger partial charge in [0.1, 0.15) is 11.6 Å². The third kappa shape index (κ3) is 3.37. The number of benzene rings is 2. The molecule has 3 nitrogen and oxygen atoms in total. The van der Waals surface area contributed by atoms with E-state index in [1.54, 1.807) is 0 Å². The molecule has 0 atom stereocenters. The maximum atomic E-state index is 14.8. The van der Waals surface area contributed by atoms with Gasteiger partial charge in [-0.3, -0.25) is 4.79 Å². The zero-order valence-electron chi connectivity index (χ0n) is 16.3. The van der Waals surface area contributed by atoms with Crippen LogP contribution in [-0.4, -0.2) is 26.2 Å². The van der Waals surface area contributed by atoms with Crippen LogP contribution in [0.15, 0.2) is 29.1 Å². The lowest BCUT2D eigenvalue weighted by molar-refractivity contribution is 0.558. The summed E-state index contributed by atoms with van der Waals surface area (Å²) in [6.45, 7) is 3.37. The van der Waals surface area contributed by atoms with Crippen molar-refractivity contribution >= 4 is 42.9 Å². The van der Waals surface area contributed by atoms with Crippen molar-refractivity contribution in [2.45, 2.75) is 38.5 Å². The quantitative estimate of drug-likeness (QED) is 0.505. The van der Waals surface area contributed by atoms with Gasteiger partial charge < -0.3 is 9.80 Å². The maximum Gasteiger partial charge on any atom is 0.196 e. The Morgan fingerprint density at radius 3 is 1.48 bits per heavy atom. The Morgan fingerprint density at radius 2 is 1.07 bits per heavy atom. The Kier molecular flexibility index (Phi) is 4.90. The van der Waals surface area contributed by atoms with Crippen molar-refractivity contribution in [1.82, 2.24) is 0 Å². The first-order valence-corrected chi connectivity index (χ1v) is 11.3. The second-order valence-electron chi connectivity index (χ2n) is 8.13. The maximum absolute atomic E-state index is 14.8. The van der Waals surface area contributed by atoms with Gasteiger partial charge >= 0.3 is 0 Å². The number of anilines is 2. The van der Waals surface area contributed by atoms with Crippen LogP contribution >= 0.6 is 11.3 Å². The molecule has 6 heteroatoms. The van der Waals surface area contributed by atoms with E-state index in [-0.39, 0.29) is 17.1 Å². The van der Waals surface area contributed by atoms with Crippen LogP contribution in [-0.2, 0) is 0 Å². The molecule has 0 unspecified atom stereocenters. The lowest BCUT2D eigenvalue weighted by Gasteiger charge is -2.29. The minimum Gasteiger partial charge on any atom is -0.369 e. The Labute approximate surface area is 172 Å². The zero-order chi connectivity index (χ0) is 20.0. The highest BCUT2D eigenvalue weighted by Crippen LogP contribution is 2.34. The molecule has 0 amide bonds. The molecule has 2 aromatic carbocycles. The molecule has 2 fully saturated rings. The van der Waals surface area contributed by atoms with E-state index < -0.39 is 0 Å². The monoisotopic (exact) mass is 414 g/mol. The molecule has 5 rings (SSSR count). The minimum absolute atomic E-state index is 0.290. The molecule has 3 aromatic rings. The van der Waals surface area contributed by atoms with Gasteiger partial charge in [0.15, 0.2) is 5.43 Å². The molecule has 0 N–H and O–H groups in total. The summed E-state index contributed by atoms with van der Waals surface area (Å²) < 4.78 is 31.2. The van der Waals surface area contributed by atoms with Crippen LogP contribution in [0.1, 0.15) is 38.5 Å². The van der Waals surface area contributed by atoms with E-state index in [1.165, 1.54) is 36.3 Å². The molecular formula is C23H24F2N2OS. The van der Waals surface area contributed by atoms with Crippen LogP contribution in [0.2, 0.25) is 0 Å². The van der Waals surface area contributed by atoms with Gasteiger partial charge in [0.25, 0.3) is 0 Å². The molecular weight excluding hydrogens is 390 g/mol. The Balaban J connectivity index is 1.66. The van der Waals surface area contributed by atoms with Crippen molar-refractivity contribution in [3.8, 4) is 0 Å². The predicted molar refractivity (Wildman–Crippen MR) is 118 cm³/mol. The molecule has 0 saturated carbocycles. The summed E-state index contributed by atoms with van der Waals surface area (Å²) in [4.78, 5) is 17.2. The fourth-order valence-corrected chi connectivity index (χ4v) is 5.73. The molecule has 0 spiro atoms. The number of hydrogen-bond donors (Lipinski definition) is 0. The van der Waals surface area contributed by atoms with Crippen molar-refractivity contribution in [2.75, 3.05) is 36.0 Å². The van der Waals surface area contributed by atoms with Crippen LogP contribution in [0.25, 0.3) is 20.2 Å². The highest BCUT2D eigenvalue weighted by Gasteiger charge is 2.20. The molecule has 2 aliphatic heterocycles. The fourth-order valence-electron chi connectivity index (χ4n) is 4.63. The second kappa shape index (κ2) is 7.56. The first-order valence-electron chi connectivity index (χ1n) is 10.5. The van der Waals surface area contributed by atoms with Crippen LogP contribution in [0, 0.1) is 11.6 Å². The normalized spacial score (nSPS) is 18.0. The van der Waals surface area contributed by atoms with Gasteiger partial charge in [-0.1, -0.05) is 0 Å². The van der Waals surface area contributed by atoms with Crippen LogP contribution in [0.3, 0.4) is 0 Å². The van der Waals surface area contributed by atoms with Crippen molar-refractivity contribution in [1.29, 1.82) is 0 Å². The number of nitrogens with zero attached hydrogens (tertiary/aromatic N) is 2. The van der Waals surface area contributed by atoms with E-state index in [4.69, 9.17) is 0 Å². The Morgan fingerprint density at radius 1 is 0.655 bits per heavy atom. The SMILES string of the molecule is O=c1c2cc(F)c(N3CCCCC3)cc2sc2cc(N3CCCCC3)c(F)cc12. The largest absolute Gasteiger partial charge is 0.369 e. The van der Waals surface area contributed by atoms with E-state index in [0.717, 1.165) is 61.3 Å². The van der Waals surface area contributed by atoms with Crippen molar-refractivity contribution < 1.29 is 8.78 Å². The van der Waals surface area contributed by atoms with E-state index in [0.29, 0.717) is 22.1 Å². The molecule has 2 saturated heterocycles. The fraction of sp³-hybridized carbons (Fsp3) is 0.435. The van der Waals surface area contributed by atoms with E-state index in [9.17, 15) is 13.6 Å². The van der Waals surface area contributed by atoms with Crippen molar-refractivity contribution in [3.05, 3.63) is 46.1 Å². The molecule has 0 radical (unpaired) electrons. The Hall–Kier alpha value is -2.21. The van der Waals surface area contributed by atoms with E-state index in [1.807, 2.05) is 12.1 Å². The topological polar surface area (TPSA) is 23.6 Å². The standard InChI is InChI=1S/C23H24F2N2OS/c24-17-11-15-21(13-19(17)26-7-3-1-4-8-26)29-22-14-20(27-9-5-2-6-10-27)18(25)12-16(22)23(15)28/h11-14H,1-10H2. The van der Waals surface area contributed by atoms with Gasteiger partial charge in [0.05, 0.1) is 11.4 Å². The van der Waals surface area contributed by atoms with Gasteiger partial charge in [0, 0.05) is 46.4 Å². The third-order valence-electron chi connectivity index (χ3n) is 6.20.